The minimum Gasteiger partial charge on any atom is -0.369 e. The van der Waals surface area contributed by atoms with Gasteiger partial charge in [0, 0.05) is 46.3 Å². The van der Waals surface area contributed by atoms with Crippen molar-refractivity contribution in [3.8, 4) is 0 Å². The Kier molecular flexibility index (Phi) is 9.36. The van der Waals surface area contributed by atoms with E-state index >= 15 is 0 Å². The van der Waals surface area contributed by atoms with Crippen molar-refractivity contribution in [3.05, 3.63) is 35.4 Å². The van der Waals surface area contributed by atoms with Crippen LogP contribution in [-0.4, -0.2) is 79.4 Å². The normalized spacial score (nSPS) is 22.5. The molecule has 1 aromatic carbocycles. The van der Waals surface area contributed by atoms with Crippen molar-refractivity contribution in [3.63, 3.8) is 0 Å². The van der Waals surface area contributed by atoms with Gasteiger partial charge in [0.05, 0.1) is 5.92 Å². The molecule has 0 aliphatic carbocycles. The second-order valence-electron chi connectivity index (χ2n) is 9.28. The highest BCUT2D eigenvalue weighted by Crippen LogP contribution is 2.20. The van der Waals surface area contributed by atoms with Crippen LogP contribution in [0.5, 0.6) is 0 Å². The summed E-state index contributed by atoms with van der Waals surface area (Å²) in [6.07, 6.45) is 3.19. The smallest absolute Gasteiger partial charge is 0.221 e. The summed E-state index contributed by atoms with van der Waals surface area (Å²) in [7, 11) is 1.88. The van der Waals surface area contributed by atoms with Crippen LogP contribution in [0.1, 0.15) is 44.2 Å². The van der Waals surface area contributed by atoms with Gasteiger partial charge in [0.15, 0.2) is 5.96 Å². The number of carbonyl (C=O) groups is 1. The van der Waals surface area contributed by atoms with Crippen molar-refractivity contribution < 1.29 is 4.79 Å². The highest BCUT2D eigenvalue weighted by molar-refractivity contribution is 5.80. The van der Waals surface area contributed by atoms with Gasteiger partial charge in [0.2, 0.25) is 5.91 Å². The molecule has 0 radical (unpaired) electrons. The van der Waals surface area contributed by atoms with Crippen LogP contribution in [0.4, 0.5) is 0 Å². The van der Waals surface area contributed by atoms with Crippen LogP contribution in [0.25, 0.3) is 0 Å². The molecule has 2 unspecified atom stereocenters. The molecule has 3 rings (SSSR count). The van der Waals surface area contributed by atoms with Crippen molar-refractivity contribution in [2.45, 2.75) is 46.2 Å². The van der Waals surface area contributed by atoms with Crippen molar-refractivity contribution in [1.82, 2.24) is 20.0 Å². The summed E-state index contributed by atoms with van der Waals surface area (Å²) in [5, 5.41) is 3.57. The third-order valence-electron chi connectivity index (χ3n) is 6.96. The topological polar surface area (TPSA) is 77.2 Å². The van der Waals surface area contributed by atoms with Crippen LogP contribution in [0, 0.1) is 11.8 Å². The number of aliphatic imine (C=N–C) groups is 1. The lowest BCUT2D eigenvalue weighted by molar-refractivity contribution is -0.123. The van der Waals surface area contributed by atoms with Crippen LogP contribution in [0.3, 0.4) is 0 Å². The fourth-order valence-corrected chi connectivity index (χ4v) is 5.06. The zero-order valence-electron chi connectivity index (χ0n) is 20.2. The predicted octanol–water partition coefficient (Wildman–Crippen LogP) is 2.12. The lowest BCUT2D eigenvalue weighted by Gasteiger charge is -2.31. The average molecular weight is 443 g/mol. The lowest BCUT2D eigenvalue weighted by atomic mass is 9.97. The molecule has 0 aromatic heterocycles. The average Bonchev–Trinajstić information content (AvgIpc) is 3.26. The van der Waals surface area contributed by atoms with Gasteiger partial charge >= 0.3 is 0 Å². The van der Waals surface area contributed by atoms with Crippen LogP contribution in [-0.2, 0) is 17.9 Å². The van der Waals surface area contributed by atoms with E-state index in [9.17, 15) is 4.79 Å². The molecule has 178 valence electrons. The standard InChI is InChI=1S/C25H42N6O/c1-4-29(5-2)17-22-11-13-31(18-22)25(27-3)28-15-20-8-6-9-21(14-20)16-30-12-7-10-23(19-30)24(26)32/h6,8-9,14,22-23H,4-5,7,10-13,15-19H2,1-3H3,(H2,26,32)(H,27,28). The Morgan fingerprint density at radius 2 is 1.97 bits per heavy atom. The first-order valence-electron chi connectivity index (χ1n) is 12.3. The number of hydrogen-bond acceptors (Lipinski definition) is 4. The molecular weight excluding hydrogens is 400 g/mol. The predicted molar refractivity (Wildman–Crippen MR) is 131 cm³/mol. The number of rotatable bonds is 9. The first-order valence-corrected chi connectivity index (χ1v) is 12.3. The van der Waals surface area contributed by atoms with Gasteiger partial charge in [-0.15, -0.1) is 0 Å². The Bertz CT molecular complexity index is 763. The molecule has 7 heteroatoms. The minimum absolute atomic E-state index is 0.0112. The van der Waals surface area contributed by atoms with E-state index < -0.39 is 0 Å². The maximum absolute atomic E-state index is 11.6. The number of hydrogen-bond donors (Lipinski definition) is 2. The minimum atomic E-state index is -0.166. The van der Waals surface area contributed by atoms with E-state index in [2.05, 4.69) is 63.1 Å². The summed E-state index contributed by atoms with van der Waals surface area (Å²) in [5.41, 5.74) is 8.07. The molecule has 2 atom stereocenters. The van der Waals surface area contributed by atoms with Gasteiger partial charge in [0.25, 0.3) is 0 Å². The van der Waals surface area contributed by atoms with Crippen LogP contribution < -0.4 is 11.1 Å². The van der Waals surface area contributed by atoms with E-state index in [1.807, 2.05) is 7.05 Å². The quantitative estimate of drug-likeness (QED) is 0.453. The second-order valence-corrected chi connectivity index (χ2v) is 9.28. The summed E-state index contributed by atoms with van der Waals surface area (Å²) in [6, 6.07) is 8.73. The fourth-order valence-electron chi connectivity index (χ4n) is 5.06. The summed E-state index contributed by atoms with van der Waals surface area (Å²) in [6.45, 7) is 13.5. The largest absolute Gasteiger partial charge is 0.369 e. The Hall–Kier alpha value is -2.12. The van der Waals surface area contributed by atoms with Crippen LogP contribution in [0.15, 0.2) is 29.3 Å². The maximum atomic E-state index is 11.6. The van der Waals surface area contributed by atoms with Crippen LogP contribution in [0.2, 0.25) is 0 Å². The van der Waals surface area contributed by atoms with Gasteiger partial charge in [0.1, 0.15) is 0 Å². The molecule has 2 fully saturated rings. The van der Waals surface area contributed by atoms with E-state index in [1.54, 1.807) is 0 Å². The molecule has 2 heterocycles. The molecule has 7 nitrogen and oxygen atoms in total. The number of nitrogens with zero attached hydrogens (tertiary/aromatic N) is 4. The van der Waals surface area contributed by atoms with Gasteiger partial charge < -0.3 is 20.9 Å². The number of primary amides is 1. The highest BCUT2D eigenvalue weighted by Gasteiger charge is 2.26. The van der Waals surface area contributed by atoms with Gasteiger partial charge in [-0.05, 0) is 55.9 Å². The maximum Gasteiger partial charge on any atom is 0.221 e. The third kappa shape index (κ3) is 6.94. The SMILES string of the molecule is CCN(CC)CC1CCN(C(=NC)NCc2cccc(CN3CCCC(C(N)=O)C3)c2)C1. The number of carbonyl (C=O) groups excluding carboxylic acids is 1. The van der Waals surface area contributed by atoms with Gasteiger partial charge in [-0.3, -0.25) is 14.7 Å². The van der Waals surface area contributed by atoms with E-state index in [0.717, 1.165) is 71.2 Å². The van der Waals surface area contributed by atoms with E-state index in [4.69, 9.17) is 5.73 Å². The number of piperidine rings is 1. The monoisotopic (exact) mass is 442 g/mol. The molecular formula is C25H42N6O. The molecule has 32 heavy (non-hydrogen) atoms. The zero-order chi connectivity index (χ0) is 22.9. The van der Waals surface area contributed by atoms with Crippen molar-refractivity contribution in [2.24, 2.45) is 22.6 Å². The van der Waals surface area contributed by atoms with Crippen molar-refractivity contribution in [1.29, 1.82) is 0 Å². The summed E-state index contributed by atoms with van der Waals surface area (Å²) >= 11 is 0. The molecule has 3 N–H and O–H groups in total. The molecule has 1 aromatic rings. The molecule has 2 aliphatic rings. The molecule has 0 bridgehead atoms. The number of amides is 1. The Morgan fingerprint density at radius 3 is 2.69 bits per heavy atom. The molecule has 0 spiro atoms. The lowest BCUT2D eigenvalue weighted by Crippen LogP contribution is -2.41. The number of nitrogens with one attached hydrogen (secondary N) is 1. The molecule has 1 amide bonds. The summed E-state index contributed by atoms with van der Waals surface area (Å²) < 4.78 is 0. The number of benzene rings is 1. The first-order chi connectivity index (χ1) is 15.5. The number of likely N-dealkylation sites (tertiary alicyclic amines) is 2. The van der Waals surface area contributed by atoms with Crippen molar-refractivity contribution >= 4 is 11.9 Å². The second kappa shape index (κ2) is 12.2. The Balaban J connectivity index is 1.50. The molecule has 0 saturated carbocycles. The zero-order valence-corrected chi connectivity index (χ0v) is 20.2. The van der Waals surface area contributed by atoms with Gasteiger partial charge in [-0.1, -0.05) is 38.1 Å². The van der Waals surface area contributed by atoms with E-state index in [-0.39, 0.29) is 11.8 Å². The first kappa shape index (κ1) is 24.5. The Labute approximate surface area is 194 Å². The van der Waals surface area contributed by atoms with Crippen LogP contribution >= 0.6 is 0 Å². The van der Waals surface area contributed by atoms with Gasteiger partial charge in [-0.2, -0.15) is 0 Å². The third-order valence-corrected chi connectivity index (χ3v) is 6.96. The number of nitrogens with two attached hydrogens (primary N) is 1. The Morgan fingerprint density at radius 1 is 1.19 bits per heavy atom. The summed E-state index contributed by atoms with van der Waals surface area (Å²) in [4.78, 5) is 23.4. The molecule has 2 aliphatic heterocycles. The fraction of sp³-hybridized carbons (Fsp3) is 0.680. The van der Waals surface area contributed by atoms with Crippen molar-refractivity contribution in [2.75, 3.05) is 52.9 Å². The molecule has 2 saturated heterocycles. The van der Waals surface area contributed by atoms with E-state index in [0.29, 0.717) is 5.92 Å². The van der Waals surface area contributed by atoms with E-state index in [1.165, 1.54) is 24.1 Å². The van der Waals surface area contributed by atoms with Gasteiger partial charge in [-0.25, -0.2) is 0 Å². The summed E-state index contributed by atoms with van der Waals surface area (Å²) in [5.74, 6) is 1.53. The highest BCUT2D eigenvalue weighted by atomic mass is 16.1. The number of guanidine groups is 1.